The Morgan fingerprint density at radius 3 is 2.71 bits per heavy atom. The van der Waals surface area contributed by atoms with Crippen LogP contribution in [0.3, 0.4) is 0 Å². The molecule has 35 heavy (non-hydrogen) atoms. The summed E-state index contributed by atoms with van der Waals surface area (Å²) in [5.74, 6) is 1.74. The van der Waals surface area contributed by atoms with Gasteiger partial charge in [0, 0.05) is 30.4 Å². The minimum atomic E-state index is -0.241. The van der Waals surface area contributed by atoms with Crippen molar-refractivity contribution in [1.29, 1.82) is 0 Å². The summed E-state index contributed by atoms with van der Waals surface area (Å²) in [6.45, 7) is 0.137. The number of halogens is 1. The van der Waals surface area contributed by atoms with Crippen molar-refractivity contribution in [3.8, 4) is 11.5 Å². The van der Waals surface area contributed by atoms with Gasteiger partial charge < -0.3 is 24.9 Å². The molecule has 2 aromatic heterocycles. The highest BCUT2D eigenvalue weighted by atomic mass is 35.5. The number of nitrogens with zero attached hydrogens (tertiary/aromatic N) is 2. The zero-order valence-electron chi connectivity index (χ0n) is 18.6. The number of carbonyl (C=O) groups excluding carboxylic acids is 1. The molecule has 2 fully saturated rings. The number of aromatic amines is 1. The van der Waals surface area contributed by atoms with Crippen LogP contribution >= 0.6 is 11.6 Å². The fourth-order valence-corrected chi connectivity index (χ4v) is 5.29. The molecule has 0 spiro atoms. The van der Waals surface area contributed by atoms with Crippen molar-refractivity contribution < 1.29 is 19.4 Å². The monoisotopic (exact) mass is 490 g/mol. The molecule has 3 N–H and O–H groups in total. The van der Waals surface area contributed by atoms with Crippen LogP contribution in [0.4, 0.5) is 5.82 Å². The molecule has 0 radical (unpaired) electrons. The molecule has 2 bridgehead atoms. The van der Waals surface area contributed by atoms with E-state index in [1.54, 1.807) is 24.4 Å². The highest BCUT2D eigenvalue weighted by Crippen LogP contribution is 2.40. The maximum absolute atomic E-state index is 13.5. The van der Waals surface area contributed by atoms with Gasteiger partial charge in [0.1, 0.15) is 29.3 Å². The molecule has 0 amide bonds. The van der Waals surface area contributed by atoms with Crippen molar-refractivity contribution in [3.63, 3.8) is 0 Å². The Morgan fingerprint density at radius 1 is 1.11 bits per heavy atom. The molecule has 2 saturated heterocycles. The van der Waals surface area contributed by atoms with E-state index < -0.39 is 0 Å². The van der Waals surface area contributed by atoms with Crippen LogP contribution in [-0.4, -0.2) is 50.7 Å². The fraction of sp³-hybridized carbons (Fsp3) is 0.269. The van der Waals surface area contributed by atoms with Crippen molar-refractivity contribution >= 4 is 34.2 Å². The van der Waals surface area contributed by atoms with Gasteiger partial charge in [-0.15, -0.1) is 0 Å². The second-order valence-corrected chi connectivity index (χ2v) is 9.32. The molecule has 2 aliphatic rings. The average molecular weight is 491 g/mol. The van der Waals surface area contributed by atoms with Gasteiger partial charge >= 0.3 is 0 Å². The van der Waals surface area contributed by atoms with Crippen LogP contribution in [0.1, 0.15) is 28.8 Å². The molecule has 178 valence electrons. The molecule has 4 aromatic rings. The highest BCUT2D eigenvalue weighted by molar-refractivity contribution is 6.35. The van der Waals surface area contributed by atoms with Gasteiger partial charge in [-0.25, -0.2) is 9.97 Å². The molecule has 8 nitrogen and oxygen atoms in total. The summed E-state index contributed by atoms with van der Waals surface area (Å²) in [5.41, 5.74) is 1.35. The summed E-state index contributed by atoms with van der Waals surface area (Å²) < 4.78 is 11.8. The molecule has 4 atom stereocenters. The number of fused-ring (bicyclic) bond motifs is 3. The Labute approximate surface area is 206 Å². The van der Waals surface area contributed by atoms with E-state index in [-0.39, 0.29) is 36.6 Å². The predicted octanol–water partition coefficient (Wildman–Crippen LogP) is 4.58. The predicted molar refractivity (Wildman–Crippen MR) is 131 cm³/mol. The van der Waals surface area contributed by atoms with Crippen molar-refractivity contribution in [3.05, 3.63) is 77.2 Å². The Morgan fingerprint density at radius 2 is 1.97 bits per heavy atom. The number of hydrogen-bond acceptors (Lipinski definition) is 7. The van der Waals surface area contributed by atoms with Gasteiger partial charge in [0.15, 0.2) is 5.78 Å². The number of anilines is 1. The Balaban J connectivity index is 1.27. The molecule has 6 rings (SSSR count). The number of benzene rings is 2. The number of aliphatic hydroxyl groups is 1. The smallest absolute Gasteiger partial charge is 0.196 e. The van der Waals surface area contributed by atoms with Crippen LogP contribution in [0.2, 0.25) is 5.02 Å². The minimum Gasteiger partial charge on any atom is -0.457 e. The number of ketones is 1. The van der Waals surface area contributed by atoms with Crippen LogP contribution in [0.25, 0.3) is 11.0 Å². The summed E-state index contributed by atoms with van der Waals surface area (Å²) >= 11 is 6.51. The largest absolute Gasteiger partial charge is 0.457 e. The first-order valence-electron chi connectivity index (χ1n) is 11.5. The molecule has 2 aromatic carbocycles. The number of ether oxygens (including phenoxy) is 2. The Hall–Kier alpha value is -3.46. The van der Waals surface area contributed by atoms with Crippen LogP contribution in [-0.2, 0) is 4.74 Å². The van der Waals surface area contributed by atoms with E-state index in [4.69, 9.17) is 21.1 Å². The van der Waals surface area contributed by atoms with E-state index in [9.17, 15) is 9.90 Å². The summed E-state index contributed by atoms with van der Waals surface area (Å²) in [4.78, 5) is 25.3. The normalized spacial score (nSPS) is 23.0. The minimum absolute atomic E-state index is 0.00635. The molecular formula is C26H23ClN4O4. The second-order valence-electron chi connectivity index (χ2n) is 8.91. The molecular weight excluding hydrogens is 468 g/mol. The van der Waals surface area contributed by atoms with Gasteiger partial charge in [0.25, 0.3) is 0 Å². The van der Waals surface area contributed by atoms with Crippen LogP contribution < -0.4 is 10.1 Å². The molecule has 2 aliphatic heterocycles. The van der Waals surface area contributed by atoms with Crippen LogP contribution in [0.15, 0.2) is 61.1 Å². The molecule has 4 unspecified atom stereocenters. The Kier molecular flexibility index (Phi) is 5.64. The third kappa shape index (κ3) is 4.03. The number of aliphatic hydroxyl groups excluding tert-OH is 1. The zero-order valence-corrected chi connectivity index (χ0v) is 19.4. The average Bonchev–Trinajstić information content (AvgIpc) is 3.59. The van der Waals surface area contributed by atoms with Crippen molar-refractivity contribution in [2.75, 3.05) is 11.9 Å². The van der Waals surface area contributed by atoms with Gasteiger partial charge in [0.05, 0.1) is 34.2 Å². The first-order chi connectivity index (χ1) is 17.1. The van der Waals surface area contributed by atoms with E-state index in [1.165, 1.54) is 6.33 Å². The van der Waals surface area contributed by atoms with Crippen LogP contribution in [0, 0.1) is 5.92 Å². The van der Waals surface area contributed by atoms with E-state index in [0.717, 1.165) is 12.8 Å². The number of carbonyl (C=O) groups is 1. The third-order valence-electron chi connectivity index (χ3n) is 6.78. The fourth-order valence-electron chi connectivity index (χ4n) is 5.03. The van der Waals surface area contributed by atoms with Crippen LogP contribution in [0.5, 0.6) is 11.5 Å². The number of hydrogen-bond donors (Lipinski definition) is 3. The number of nitrogens with one attached hydrogen (secondary N) is 2. The maximum atomic E-state index is 13.5. The van der Waals surface area contributed by atoms with E-state index in [0.29, 0.717) is 44.5 Å². The number of para-hydroxylation sites is 1. The van der Waals surface area contributed by atoms with Crippen molar-refractivity contribution in [2.45, 2.75) is 31.1 Å². The zero-order chi connectivity index (χ0) is 23.9. The number of aromatic nitrogens is 3. The van der Waals surface area contributed by atoms with Crippen molar-refractivity contribution in [1.82, 2.24) is 15.0 Å². The lowest BCUT2D eigenvalue weighted by molar-refractivity contribution is 0.0787. The molecule has 0 saturated carbocycles. The highest BCUT2D eigenvalue weighted by Gasteiger charge is 2.47. The lowest BCUT2D eigenvalue weighted by atomic mass is 9.86. The summed E-state index contributed by atoms with van der Waals surface area (Å²) in [6.07, 6.45) is 4.73. The standard InChI is InChI=1S/C26H23ClN4O4/c27-19-9-16(34-15-4-2-1-3-5-15)6-7-17(19)24(33)18-11-28-25-23(18)26(30-13-29-25)31-20-10-21-14(12-32)8-22(20)35-21/h1-7,9,11,13-14,20-22,32H,8,10,12H2,(H2,28,29,30,31). The lowest BCUT2D eigenvalue weighted by Crippen LogP contribution is -2.35. The summed E-state index contributed by atoms with van der Waals surface area (Å²) in [5, 5.41) is 13.9. The lowest BCUT2D eigenvalue weighted by Gasteiger charge is -2.24. The van der Waals surface area contributed by atoms with Crippen molar-refractivity contribution in [2.24, 2.45) is 5.92 Å². The summed E-state index contributed by atoms with van der Waals surface area (Å²) in [7, 11) is 0. The third-order valence-corrected chi connectivity index (χ3v) is 7.09. The van der Waals surface area contributed by atoms with Gasteiger partial charge in [0.2, 0.25) is 0 Å². The maximum Gasteiger partial charge on any atom is 0.196 e. The topological polar surface area (TPSA) is 109 Å². The first kappa shape index (κ1) is 22.0. The second kappa shape index (κ2) is 8.96. The van der Waals surface area contributed by atoms with Gasteiger partial charge in [-0.2, -0.15) is 0 Å². The van der Waals surface area contributed by atoms with E-state index in [2.05, 4.69) is 20.3 Å². The number of H-pyrrole nitrogens is 1. The Bertz CT molecular complexity index is 1390. The number of rotatable bonds is 7. The first-order valence-corrected chi connectivity index (χ1v) is 11.9. The van der Waals surface area contributed by atoms with E-state index >= 15 is 0 Å². The van der Waals surface area contributed by atoms with E-state index in [1.807, 2.05) is 30.3 Å². The van der Waals surface area contributed by atoms with Gasteiger partial charge in [-0.3, -0.25) is 4.79 Å². The quantitative estimate of drug-likeness (QED) is 0.325. The van der Waals surface area contributed by atoms with Gasteiger partial charge in [-0.1, -0.05) is 29.8 Å². The molecule has 9 heteroatoms. The SMILES string of the molecule is O=C(c1ccc(Oc2ccccc2)cc1Cl)c1c[nH]c2ncnc(NC3CC4OC3CC4CO)c12. The molecule has 0 aliphatic carbocycles. The van der Waals surface area contributed by atoms with Gasteiger partial charge in [-0.05, 0) is 37.1 Å². The summed E-state index contributed by atoms with van der Waals surface area (Å²) in [6, 6.07) is 14.4. The molecule has 4 heterocycles.